The number of nitrogens with zero attached hydrogens (tertiary/aromatic N) is 2. The SMILES string of the molecule is O=C(CF)C(F)(F)C(=O)c1ccccc1.O=C(CF)C(F)(F)C(=O)c1ccccc1.O=C(CF)C(F)(F)C(=O)c1ccccc1.[Eu].c1cnc2c(c1)ccc1cccnc12. The first-order valence-corrected chi connectivity index (χ1v) is 16.7. The molecule has 0 unspecified atom stereocenters. The van der Waals surface area contributed by atoms with Crippen molar-refractivity contribution in [1.82, 2.24) is 9.97 Å². The van der Waals surface area contributed by atoms with Gasteiger partial charge < -0.3 is 0 Å². The molecule has 0 fully saturated rings. The number of carbonyl (C=O) groups excluding carboxylic acids is 6. The largest absolute Gasteiger partial charge is 0.369 e. The predicted molar refractivity (Wildman–Crippen MR) is 197 cm³/mol. The van der Waals surface area contributed by atoms with Crippen molar-refractivity contribution in [3.63, 3.8) is 0 Å². The third-order valence-electron chi connectivity index (χ3n) is 7.72. The first-order chi connectivity index (χ1) is 27.9. The van der Waals surface area contributed by atoms with E-state index in [1.807, 2.05) is 12.1 Å². The molecule has 6 aromatic rings. The minimum atomic E-state index is -4.28. The van der Waals surface area contributed by atoms with Crippen molar-refractivity contribution >= 4 is 56.5 Å². The summed E-state index contributed by atoms with van der Waals surface area (Å²) in [6.07, 6.45) is 3.60. The second kappa shape index (κ2) is 23.5. The molecular formula is C42H29EuF9N2O6. The van der Waals surface area contributed by atoms with Crippen molar-refractivity contribution in [2.75, 3.05) is 20.0 Å². The van der Waals surface area contributed by atoms with Crippen molar-refractivity contribution in [2.24, 2.45) is 0 Å². The number of benzene rings is 4. The van der Waals surface area contributed by atoms with Crippen LogP contribution in [-0.4, -0.2) is 82.5 Å². The van der Waals surface area contributed by atoms with Gasteiger partial charge in [0.25, 0.3) is 0 Å². The zero-order valence-corrected chi connectivity index (χ0v) is 32.9. The molecule has 4 aromatic carbocycles. The van der Waals surface area contributed by atoms with Gasteiger partial charge in [-0.25, -0.2) is 13.2 Å². The van der Waals surface area contributed by atoms with Crippen LogP contribution < -0.4 is 0 Å². The van der Waals surface area contributed by atoms with Crippen molar-refractivity contribution < 1.29 is 118 Å². The number of fused-ring (bicyclic) bond motifs is 3. The molecule has 0 spiro atoms. The van der Waals surface area contributed by atoms with Crippen molar-refractivity contribution in [1.29, 1.82) is 0 Å². The molecule has 0 aliphatic heterocycles. The summed E-state index contributed by atoms with van der Waals surface area (Å²) in [7, 11) is 0. The number of rotatable bonds is 12. The molecule has 313 valence electrons. The molecule has 18 heteroatoms. The van der Waals surface area contributed by atoms with E-state index in [1.54, 1.807) is 12.4 Å². The minimum absolute atomic E-state index is 0. The summed E-state index contributed by atoms with van der Waals surface area (Å²) >= 11 is 0. The number of carbonyl (C=O) groups is 6. The minimum Gasteiger partial charge on any atom is -0.289 e. The van der Waals surface area contributed by atoms with Gasteiger partial charge >= 0.3 is 17.8 Å². The van der Waals surface area contributed by atoms with Crippen LogP contribution >= 0.6 is 0 Å². The standard InChI is InChI=1S/C12H8N2.3C10H7F3O2.Eu/c1-3-9-5-6-10-4-2-8-14-12(10)11(9)13-7-1;3*11-6-8(14)10(12,13)9(15)7-4-2-1-3-5-7;/h1-8H;3*1-5H,6H2;. The Kier molecular flexibility index (Phi) is 19.9. The Bertz CT molecular complexity index is 2170. The second-order valence-corrected chi connectivity index (χ2v) is 11.7. The molecule has 8 nitrogen and oxygen atoms in total. The van der Waals surface area contributed by atoms with Crippen LogP contribution in [0.5, 0.6) is 0 Å². The Balaban J connectivity index is 0.000000274. The van der Waals surface area contributed by atoms with Crippen molar-refractivity contribution in [2.45, 2.75) is 17.8 Å². The number of hydrogen-bond donors (Lipinski definition) is 0. The molecule has 0 aliphatic rings. The van der Waals surface area contributed by atoms with Gasteiger partial charge in [0.15, 0.2) is 20.0 Å². The van der Waals surface area contributed by atoms with Gasteiger partial charge in [0, 0.05) is 89.2 Å². The fraction of sp³-hybridized carbons (Fsp3) is 0.143. The number of aromatic nitrogens is 2. The molecule has 1 radical (unpaired) electrons. The summed E-state index contributed by atoms with van der Waals surface area (Å²) in [6.45, 7) is -5.57. The van der Waals surface area contributed by atoms with Gasteiger partial charge in [-0.15, -0.1) is 0 Å². The van der Waals surface area contributed by atoms with Gasteiger partial charge in [0.05, 0.1) is 11.0 Å². The second-order valence-electron chi connectivity index (χ2n) is 11.7. The Hall–Kier alpha value is -5.33. The molecule has 2 aromatic heterocycles. The molecule has 0 atom stereocenters. The molecule has 0 N–H and O–H groups in total. The van der Waals surface area contributed by atoms with Crippen LogP contribution in [0.25, 0.3) is 21.8 Å². The van der Waals surface area contributed by atoms with E-state index < -0.39 is 72.5 Å². The number of ketones is 6. The molecule has 0 aliphatic carbocycles. The molecular weight excluding hydrogens is 951 g/mol. The maximum absolute atomic E-state index is 13.0. The molecule has 2 heterocycles. The molecule has 60 heavy (non-hydrogen) atoms. The van der Waals surface area contributed by atoms with E-state index in [2.05, 4.69) is 34.2 Å². The van der Waals surface area contributed by atoms with Crippen LogP contribution in [0, 0.1) is 49.4 Å². The van der Waals surface area contributed by atoms with Crippen LogP contribution in [0.15, 0.2) is 140 Å². The summed E-state index contributed by atoms with van der Waals surface area (Å²) < 4.78 is 113. The van der Waals surface area contributed by atoms with E-state index in [9.17, 15) is 68.3 Å². The number of pyridine rings is 2. The maximum Gasteiger partial charge on any atom is 0.369 e. The summed E-state index contributed by atoms with van der Waals surface area (Å²) in [5.41, 5.74) is 1.01. The van der Waals surface area contributed by atoms with E-state index >= 15 is 0 Å². The van der Waals surface area contributed by atoms with Crippen LogP contribution in [-0.2, 0) is 14.4 Å². The Morgan fingerprint density at radius 2 is 0.633 bits per heavy atom. The monoisotopic (exact) mass is 981 g/mol. The molecule has 0 saturated carbocycles. The van der Waals surface area contributed by atoms with E-state index in [0.717, 1.165) is 58.2 Å². The number of Topliss-reactive ketones (excluding diaryl/α,β-unsaturated/α-hetero) is 6. The predicted octanol–water partition coefficient (Wildman–Crippen LogP) is 8.91. The number of halogens is 9. The Morgan fingerprint density at radius 3 is 0.867 bits per heavy atom. The molecule has 6 rings (SSSR count). The van der Waals surface area contributed by atoms with E-state index in [0.29, 0.717) is 0 Å². The Labute approximate surface area is 375 Å². The summed E-state index contributed by atoms with van der Waals surface area (Å²) in [5.74, 6) is -23.9. The summed E-state index contributed by atoms with van der Waals surface area (Å²) in [5, 5.41) is 2.28. The topological polar surface area (TPSA) is 128 Å². The van der Waals surface area contributed by atoms with Gasteiger partial charge in [-0.1, -0.05) is 115 Å². The normalized spacial score (nSPS) is 10.9. The molecule has 0 bridgehead atoms. The van der Waals surface area contributed by atoms with E-state index in [1.165, 1.54) is 54.6 Å². The number of alkyl halides is 9. The number of hydrogen-bond acceptors (Lipinski definition) is 8. The van der Waals surface area contributed by atoms with Crippen LogP contribution in [0.4, 0.5) is 39.5 Å². The van der Waals surface area contributed by atoms with E-state index in [-0.39, 0.29) is 66.1 Å². The van der Waals surface area contributed by atoms with Crippen molar-refractivity contribution in [3.8, 4) is 0 Å². The van der Waals surface area contributed by atoms with Gasteiger partial charge in [0.1, 0.15) is 0 Å². The maximum atomic E-state index is 13.0. The zero-order valence-electron chi connectivity index (χ0n) is 30.5. The average molecular weight is 981 g/mol. The van der Waals surface area contributed by atoms with E-state index in [4.69, 9.17) is 0 Å². The molecule has 0 amide bonds. The fourth-order valence-electron chi connectivity index (χ4n) is 4.62. The van der Waals surface area contributed by atoms with Gasteiger partial charge in [-0.05, 0) is 12.1 Å². The summed E-state index contributed by atoms with van der Waals surface area (Å²) in [4.78, 5) is 73.6. The van der Waals surface area contributed by atoms with Crippen LogP contribution in [0.1, 0.15) is 31.1 Å². The average Bonchev–Trinajstić information content (AvgIpc) is 3.28. The van der Waals surface area contributed by atoms with Gasteiger partial charge in [0.2, 0.25) is 34.7 Å². The smallest absolute Gasteiger partial charge is 0.289 e. The quantitative estimate of drug-likeness (QED) is 0.0515. The first kappa shape index (κ1) is 50.8. The van der Waals surface area contributed by atoms with Crippen LogP contribution in [0.2, 0.25) is 0 Å². The summed E-state index contributed by atoms with van der Waals surface area (Å²) in [6, 6.07) is 31.9. The molecule has 0 saturated heterocycles. The van der Waals surface area contributed by atoms with Gasteiger partial charge in [-0.2, -0.15) is 26.3 Å². The zero-order chi connectivity index (χ0) is 43.8. The van der Waals surface area contributed by atoms with Gasteiger partial charge in [-0.3, -0.25) is 38.7 Å². The fourth-order valence-corrected chi connectivity index (χ4v) is 4.62. The Morgan fingerprint density at radius 1 is 0.383 bits per heavy atom. The first-order valence-electron chi connectivity index (χ1n) is 16.7. The van der Waals surface area contributed by atoms with Crippen LogP contribution in [0.3, 0.4) is 0 Å². The third-order valence-corrected chi connectivity index (χ3v) is 7.72. The third kappa shape index (κ3) is 13.1. The van der Waals surface area contributed by atoms with Crippen molar-refractivity contribution in [3.05, 3.63) is 156 Å².